The van der Waals surface area contributed by atoms with E-state index in [1.54, 1.807) is 0 Å². The van der Waals surface area contributed by atoms with E-state index in [1.165, 1.54) is 0 Å². The Bertz CT molecular complexity index is 1180. The summed E-state index contributed by atoms with van der Waals surface area (Å²) in [7, 11) is 0. The van der Waals surface area contributed by atoms with Gasteiger partial charge in [-0.3, -0.25) is 9.48 Å². The molecule has 0 bridgehead atoms. The van der Waals surface area contributed by atoms with E-state index in [2.05, 4.69) is 15.4 Å². The third-order valence-electron chi connectivity index (χ3n) is 4.84. The number of nitrogens with one attached hydrogen (secondary N) is 1. The maximum atomic E-state index is 12.5. The summed E-state index contributed by atoms with van der Waals surface area (Å²) in [6, 6.07) is 13.3. The smallest absolute Gasteiger partial charge is 0.255 e. The van der Waals surface area contributed by atoms with Crippen LogP contribution in [0.1, 0.15) is 38.5 Å². The Morgan fingerprint density at radius 2 is 1.70 bits per heavy atom. The monoisotopic (exact) mass is 400 g/mol. The van der Waals surface area contributed by atoms with Gasteiger partial charge in [-0.15, -0.1) is 0 Å². The molecule has 6 heteroatoms. The molecule has 152 valence electrons. The number of rotatable bonds is 5. The molecule has 0 aliphatic carbocycles. The van der Waals surface area contributed by atoms with E-state index in [9.17, 15) is 4.79 Å². The molecule has 30 heavy (non-hydrogen) atoms. The van der Waals surface area contributed by atoms with Gasteiger partial charge in [0, 0.05) is 23.0 Å². The van der Waals surface area contributed by atoms with Crippen LogP contribution in [0, 0.1) is 27.7 Å². The van der Waals surface area contributed by atoms with Gasteiger partial charge in [-0.1, -0.05) is 17.2 Å². The molecular weight excluding hydrogens is 376 g/mol. The first-order valence-electron chi connectivity index (χ1n) is 9.83. The number of benzene rings is 2. The Labute approximate surface area is 175 Å². The molecule has 4 aromatic rings. The van der Waals surface area contributed by atoms with Gasteiger partial charge in [0.1, 0.15) is 11.5 Å². The minimum atomic E-state index is -0.127. The van der Waals surface area contributed by atoms with Crippen molar-refractivity contribution in [3.8, 4) is 11.5 Å². The highest BCUT2D eigenvalue weighted by atomic mass is 16.4. The van der Waals surface area contributed by atoms with Gasteiger partial charge in [0.2, 0.25) is 5.89 Å². The van der Waals surface area contributed by atoms with E-state index >= 15 is 0 Å². The lowest BCUT2D eigenvalue weighted by Gasteiger charge is -2.07. The van der Waals surface area contributed by atoms with Crippen LogP contribution in [-0.2, 0) is 6.54 Å². The van der Waals surface area contributed by atoms with Gasteiger partial charge in [0.05, 0.1) is 12.7 Å². The van der Waals surface area contributed by atoms with Gasteiger partial charge in [0.25, 0.3) is 5.91 Å². The first-order valence-corrected chi connectivity index (χ1v) is 9.83. The largest absolute Gasteiger partial charge is 0.441 e. The molecule has 1 amide bonds. The van der Waals surface area contributed by atoms with Gasteiger partial charge in [-0.2, -0.15) is 5.10 Å². The van der Waals surface area contributed by atoms with E-state index in [0.717, 1.165) is 39.4 Å². The zero-order valence-electron chi connectivity index (χ0n) is 17.6. The van der Waals surface area contributed by atoms with Crippen molar-refractivity contribution in [1.29, 1.82) is 0 Å². The summed E-state index contributed by atoms with van der Waals surface area (Å²) >= 11 is 0. The summed E-state index contributed by atoms with van der Waals surface area (Å²) in [6.45, 7) is 8.44. The molecule has 0 fully saturated rings. The fraction of sp³-hybridized carbons (Fsp3) is 0.208. The van der Waals surface area contributed by atoms with Crippen molar-refractivity contribution < 1.29 is 9.21 Å². The standard InChI is InChI=1S/C24H24N4O2/c1-15-9-16(2)11-20(10-15)23(29)26-21-7-5-19(6-8-21)24-27-22(18(4)30-24)14-28-13-17(3)12-25-28/h5-13H,14H2,1-4H3,(H,26,29). The Morgan fingerprint density at radius 3 is 2.33 bits per heavy atom. The number of oxazole rings is 1. The Kier molecular flexibility index (Phi) is 5.23. The maximum Gasteiger partial charge on any atom is 0.255 e. The molecule has 0 spiro atoms. The zero-order valence-corrected chi connectivity index (χ0v) is 17.6. The van der Waals surface area contributed by atoms with Crippen LogP contribution < -0.4 is 5.32 Å². The average molecular weight is 400 g/mol. The van der Waals surface area contributed by atoms with E-state index in [0.29, 0.717) is 18.0 Å². The van der Waals surface area contributed by atoms with Gasteiger partial charge >= 0.3 is 0 Å². The van der Waals surface area contributed by atoms with Crippen LogP contribution in [0.2, 0.25) is 0 Å². The van der Waals surface area contributed by atoms with Gasteiger partial charge in [-0.25, -0.2) is 4.98 Å². The highest BCUT2D eigenvalue weighted by Crippen LogP contribution is 2.24. The molecule has 0 aliphatic rings. The van der Waals surface area contributed by atoms with Crippen LogP contribution in [-0.4, -0.2) is 20.7 Å². The highest BCUT2D eigenvalue weighted by Gasteiger charge is 2.13. The Hall–Kier alpha value is -3.67. The highest BCUT2D eigenvalue weighted by molar-refractivity contribution is 6.04. The number of anilines is 1. The number of nitrogens with zero attached hydrogens (tertiary/aromatic N) is 3. The summed E-state index contributed by atoms with van der Waals surface area (Å²) in [5.41, 5.74) is 6.31. The molecule has 4 rings (SSSR count). The van der Waals surface area contributed by atoms with E-state index < -0.39 is 0 Å². The Morgan fingerprint density at radius 1 is 1.00 bits per heavy atom. The van der Waals surface area contributed by atoms with Crippen LogP contribution in [0.15, 0.2) is 59.3 Å². The second kappa shape index (κ2) is 7.99. The molecule has 0 unspecified atom stereocenters. The number of hydrogen-bond donors (Lipinski definition) is 1. The van der Waals surface area contributed by atoms with Crippen LogP contribution >= 0.6 is 0 Å². The first-order chi connectivity index (χ1) is 14.4. The lowest BCUT2D eigenvalue weighted by molar-refractivity contribution is 0.102. The van der Waals surface area contributed by atoms with Crippen molar-refractivity contribution >= 4 is 11.6 Å². The number of carbonyl (C=O) groups excluding carboxylic acids is 1. The van der Waals surface area contributed by atoms with E-state index in [-0.39, 0.29) is 5.91 Å². The van der Waals surface area contributed by atoms with Crippen LogP contribution in [0.3, 0.4) is 0 Å². The quantitative estimate of drug-likeness (QED) is 0.507. The number of hydrogen-bond acceptors (Lipinski definition) is 4. The third-order valence-corrected chi connectivity index (χ3v) is 4.84. The van der Waals surface area contributed by atoms with E-state index in [1.807, 2.05) is 87.2 Å². The maximum absolute atomic E-state index is 12.5. The van der Waals surface area contributed by atoms with Crippen LogP contribution in [0.4, 0.5) is 5.69 Å². The first kappa shape index (κ1) is 19.6. The molecular formula is C24H24N4O2. The normalized spacial score (nSPS) is 10.9. The molecule has 0 radical (unpaired) electrons. The minimum absolute atomic E-state index is 0.127. The second-order valence-corrected chi connectivity index (χ2v) is 7.65. The number of aromatic nitrogens is 3. The molecule has 0 saturated carbocycles. The van der Waals surface area contributed by atoms with E-state index in [4.69, 9.17) is 4.42 Å². The van der Waals surface area contributed by atoms with Crippen molar-refractivity contribution in [3.05, 3.63) is 88.6 Å². The van der Waals surface area contributed by atoms with Gasteiger partial charge < -0.3 is 9.73 Å². The number of amides is 1. The summed E-state index contributed by atoms with van der Waals surface area (Å²) in [6.07, 6.45) is 3.79. The number of carbonyl (C=O) groups is 1. The molecule has 0 aliphatic heterocycles. The van der Waals surface area contributed by atoms with Crippen molar-refractivity contribution in [1.82, 2.24) is 14.8 Å². The minimum Gasteiger partial charge on any atom is -0.441 e. The van der Waals surface area contributed by atoms with Gasteiger partial charge in [0.15, 0.2) is 0 Å². The van der Waals surface area contributed by atoms with Crippen molar-refractivity contribution in [2.24, 2.45) is 0 Å². The summed E-state index contributed by atoms with van der Waals surface area (Å²) < 4.78 is 7.70. The summed E-state index contributed by atoms with van der Waals surface area (Å²) in [5, 5.41) is 7.25. The fourth-order valence-corrected chi connectivity index (χ4v) is 3.41. The number of aryl methyl sites for hydroxylation is 4. The Balaban J connectivity index is 1.48. The predicted molar refractivity (Wildman–Crippen MR) is 117 cm³/mol. The van der Waals surface area contributed by atoms with Crippen LogP contribution in [0.25, 0.3) is 11.5 Å². The molecule has 6 nitrogen and oxygen atoms in total. The van der Waals surface area contributed by atoms with Crippen molar-refractivity contribution in [2.75, 3.05) is 5.32 Å². The molecule has 1 N–H and O–H groups in total. The van der Waals surface area contributed by atoms with Crippen molar-refractivity contribution in [2.45, 2.75) is 34.2 Å². The van der Waals surface area contributed by atoms with Crippen molar-refractivity contribution in [3.63, 3.8) is 0 Å². The van der Waals surface area contributed by atoms with Crippen LogP contribution in [0.5, 0.6) is 0 Å². The fourth-order valence-electron chi connectivity index (χ4n) is 3.41. The zero-order chi connectivity index (χ0) is 21.3. The average Bonchev–Trinajstić information content (AvgIpc) is 3.27. The summed E-state index contributed by atoms with van der Waals surface area (Å²) in [5.74, 6) is 1.20. The predicted octanol–water partition coefficient (Wildman–Crippen LogP) is 5.07. The van der Waals surface area contributed by atoms with Gasteiger partial charge in [-0.05, 0) is 69.7 Å². The molecule has 0 atom stereocenters. The second-order valence-electron chi connectivity index (χ2n) is 7.65. The molecule has 0 saturated heterocycles. The summed E-state index contributed by atoms with van der Waals surface area (Å²) in [4.78, 5) is 17.2. The SMILES string of the molecule is Cc1cc(C)cc(C(=O)Nc2ccc(-c3nc(Cn4cc(C)cn4)c(C)o3)cc2)c1. The lowest BCUT2D eigenvalue weighted by atomic mass is 10.1. The topological polar surface area (TPSA) is 73.0 Å². The molecule has 2 heterocycles. The molecule has 2 aromatic carbocycles. The lowest BCUT2D eigenvalue weighted by Crippen LogP contribution is -2.12. The molecule has 2 aromatic heterocycles. The third kappa shape index (κ3) is 4.33.